The van der Waals surface area contributed by atoms with E-state index in [2.05, 4.69) is 10.6 Å². The van der Waals surface area contributed by atoms with Crippen LogP contribution in [0.2, 0.25) is 0 Å². The van der Waals surface area contributed by atoms with Crippen molar-refractivity contribution in [1.82, 2.24) is 0 Å². The van der Waals surface area contributed by atoms with Gasteiger partial charge in [0.05, 0.1) is 0 Å². The average molecular weight is 340 g/mol. The molecule has 0 bridgehead atoms. The van der Waals surface area contributed by atoms with E-state index < -0.39 is 17.6 Å². The Kier molecular flexibility index (Phi) is 5.79. The summed E-state index contributed by atoms with van der Waals surface area (Å²) in [5.74, 6) is -1.40. The maximum Gasteiger partial charge on any atom is 0.251 e. The van der Waals surface area contributed by atoms with E-state index in [9.17, 15) is 18.8 Å². The van der Waals surface area contributed by atoms with Gasteiger partial charge in [-0.1, -0.05) is 0 Å². The third kappa shape index (κ3) is 5.39. The Hall–Kier alpha value is -3.28. The summed E-state index contributed by atoms with van der Waals surface area (Å²) in [6.45, 7) is 2.96. The molecule has 2 N–H and O–H groups in total. The molecule has 0 saturated heterocycles. The Morgan fingerprint density at radius 3 is 1.92 bits per heavy atom. The van der Waals surface area contributed by atoms with Gasteiger partial charge in [-0.3, -0.25) is 14.4 Å². The number of carbonyl (C=O) groups is 3. The largest absolute Gasteiger partial charge is 0.322 e. The van der Waals surface area contributed by atoms with Crippen molar-refractivity contribution in [3.63, 3.8) is 0 Å². The normalized spacial score (nSPS) is 10.9. The molecule has 25 heavy (non-hydrogen) atoms. The molecule has 0 aliphatic carbocycles. The first-order valence-corrected chi connectivity index (χ1v) is 7.52. The molecule has 2 amide bonds. The Morgan fingerprint density at radius 1 is 0.840 bits per heavy atom. The van der Waals surface area contributed by atoms with E-state index in [4.69, 9.17) is 0 Å². The van der Waals surface area contributed by atoms with Crippen LogP contribution in [0.3, 0.4) is 0 Å². The average Bonchev–Trinajstić information content (AvgIpc) is 2.57. The molecule has 0 fully saturated rings. The number of rotatable bonds is 5. The number of amides is 2. The topological polar surface area (TPSA) is 75.3 Å². The van der Waals surface area contributed by atoms with Gasteiger partial charge in [-0.25, -0.2) is 4.39 Å². The zero-order valence-electron chi connectivity index (χ0n) is 13.8. The monoisotopic (exact) mass is 340 g/mol. The van der Waals surface area contributed by atoms with E-state index in [1.807, 2.05) is 0 Å². The maximum atomic E-state index is 12.8. The molecule has 6 heteroatoms. The molecule has 0 aliphatic rings. The molecule has 5 nitrogen and oxygen atoms in total. The highest BCUT2D eigenvalue weighted by molar-refractivity contribution is 6.10. The Bertz CT molecular complexity index is 825. The van der Waals surface area contributed by atoms with E-state index in [1.54, 1.807) is 24.3 Å². The third-order valence-electron chi connectivity index (χ3n) is 3.37. The molecule has 0 atom stereocenters. The fraction of sp³-hybridized carbons (Fsp3) is 0.105. The van der Waals surface area contributed by atoms with Gasteiger partial charge in [0.15, 0.2) is 5.78 Å². The van der Waals surface area contributed by atoms with Crippen molar-refractivity contribution in [2.75, 3.05) is 10.6 Å². The second-order valence-corrected chi connectivity index (χ2v) is 5.41. The summed E-state index contributed by atoms with van der Waals surface area (Å²) in [6, 6.07) is 11.7. The number of benzene rings is 2. The summed E-state index contributed by atoms with van der Waals surface area (Å²) < 4.78 is 12.8. The highest BCUT2D eigenvalue weighted by Crippen LogP contribution is 2.12. The van der Waals surface area contributed by atoms with E-state index >= 15 is 0 Å². The Balaban J connectivity index is 1.97. The van der Waals surface area contributed by atoms with E-state index in [0.29, 0.717) is 16.9 Å². The lowest BCUT2D eigenvalue weighted by Crippen LogP contribution is -2.16. The summed E-state index contributed by atoms with van der Waals surface area (Å²) in [5, 5.41) is 5.18. The predicted octanol–water partition coefficient (Wildman–Crippen LogP) is 3.55. The number of hydrogen-bond donors (Lipinski definition) is 2. The van der Waals surface area contributed by atoms with Crippen molar-refractivity contribution in [2.45, 2.75) is 13.8 Å². The van der Waals surface area contributed by atoms with E-state index in [-0.39, 0.29) is 11.4 Å². The minimum absolute atomic E-state index is 0.0635. The fourth-order valence-corrected chi connectivity index (χ4v) is 1.99. The quantitative estimate of drug-likeness (QED) is 0.645. The van der Waals surface area contributed by atoms with Crippen LogP contribution in [-0.4, -0.2) is 17.6 Å². The molecule has 2 rings (SSSR count). The summed E-state index contributed by atoms with van der Waals surface area (Å²) in [4.78, 5) is 35.2. The van der Waals surface area contributed by atoms with Crippen molar-refractivity contribution in [3.05, 3.63) is 71.6 Å². The van der Waals surface area contributed by atoms with Gasteiger partial charge in [-0.2, -0.15) is 0 Å². The highest BCUT2D eigenvalue weighted by atomic mass is 19.1. The number of hydrogen-bond acceptors (Lipinski definition) is 3. The lowest BCUT2D eigenvalue weighted by atomic mass is 10.1. The number of anilines is 2. The number of nitrogens with one attached hydrogen (secondary N) is 2. The van der Waals surface area contributed by atoms with Crippen LogP contribution in [0.25, 0.3) is 0 Å². The van der Waals surface area contributed by atoms with E-state index in [0.717, 1.165) is 6.08 Å². The lowest BCUT2D eigenvalue weighted by Gasteiger charge is -2.07. The van der Waals surface area contributed by atoms with Crippen molar-refractivity contribution in [3.8, 4) is 0 Å². The Labute approximate surface area is 144 Å². The zero-order chi connectivity index (χ0) is 18.4. The van der Waals surface area contributed by atoms with Crippen LogP contribution in [-0.2, 0) is 9.59 Å². The fourth-order valence-electron chi connectivity index (χ4n) is 1.99. The zero-order valence-corrected chi connectivity index (χ0v) is 13.8. The molecular formula is C19H17FN2O3. The summed E-state index contributed by atoms with van der Waals surface area (Å²) in [5.41, 5.74) is 1.69. The van der Waals surface area contributed by atoms with Gasteiger partial charge in [0.1, 0.15) is 5.82 Å². The van der Waals surface area contributed by atoms with Gasteiger partial charge in [0, 0.05) is 28.6 Å². The third-order valence-corrected chi connectivity index (χ3v) is 3.37. The molecule has 0 aliphatic heterocycles. The molecule has 2 aromatic carbocycles. The molecule has 0 unspecified atom stereocenters. The first kappa shape index (κ1) is 18.1. The van der Waals surface area contributed by atoms with Gasteiger partial charge in [-0.15, -0.1) is 0 Å². The summed E-state index contributed by atoms with van der Waals surface area (Å²) in [6.07, 6.45) is 1.16. The van der Waals surface area contributed by atoms with Crippen LogP contribution in [0, 0.1) is 5.82 Å². The molecule has 0 saturated carbocycles. The maximum absolute atomic E-state index is 12.8. The molecule has 2 aromatic rings. The van der Waals surface area contributed by atoms with Crippen molar-refractivity contribution < 1.29 is 18.8 Å². The van der Waals surface area contributed by atoms with Gasteiger partial charge < -0.3 is 10.6 Å². The van der Waals surface area contributed by atoms with Crippen molar-refractivity contribution in [2.24, 2.45) is 0 Å². The SMILES string of the molecule is CC(=O)c1ccc(NC(=O)/C(C)=C\C(=O)Nc2ccc(F)cc2)cc1. The molecular weight excluding hydrogens is 323 g/mol. The molecule has 0 radical (unpaired) electrons. The molecule has 0 aromatic heterocycles. The van der Waals surface area contributed by atoms with Gasteiger partial charge in [0.25, 0.3) is 5.91 Å². The van der Waals surface area contributed by atoms with Crippen LogP contribution in [0.4, 0.5) is 15.8 Å². The first-order chi connectivity index (χ1) is 11.8. The molecule has 0 heterocycles. The van der Waals surface area contributed by atoms with Crippen LogP contribution in [0.1, 0.15) is 24.2 Å². The van der Waals surface area contributed by atoms with Crippen LogP contribution in [0.5, 0.6) is 0 Å². The molecule has 0 spiro atoms. The van der Waals surface area contributed by atoms with Gasteiger partial charge in [0.2, 0.25) is 5.91 Å². The standard InChI is InChI=1S/C19H17FN2O3/c1-12(11-18(24)21-16-9-5-15(20)6-10-16)19(25)22-17-7-3-14(4-8-17)13(2)23/h3-11H,1-2H3,(H,21,24)(H,22,25)/b12-11-. The smallest absolute Gasteiger partial charge is 0.251 e. The minimum atomic E-state index is -0.494. The summed E-state index contributed by atoms with van der Waals surface area (Å²) in [7, 11) is 0. The first-order valence-electron chi connectivity index (χ1n) is 7.52. The second kappa shape index (κ2) is 8.01. The van der Waals surface area contributed by atoms with Crippen molar-refractivity contribution in [1.29, 1.82) is 0 Å². The van der Waals surface area contributed by atoms with Gasteiger partial charge >= 0.3 is 0 Å². The number of halogens is 1. The predicted molar refractivity (Wildman–Crippen MR) is 93.9 cm³/mol. The highest BCUT2D eigenvalue weighted by Gasteiger charge is 2.08. The van der Waals surface area contributed by atoms with Crippen LogP contribution < -0.4 is 10.6 Å². The minimum Gasteiger partial charge on any atom is -0.322 e. The number of Topliss-reactive ketones (excluding diaryl/α,β-unsaturated/α-hetero) is 1. The van der Waals surface area contributed by atoms with Crippen LogP contribution in [0.15, 0.2) is 60.2 Å². The lowest BCUT2D eigenvalue weighted by molar-refractivity contribution is -0.114. The van der Waals surface area contributed by atoms with E-state index in [1.165, 1.54) is 38.1 Å². The van der Waals surface area contributed by atoms with Gasteiger partial charge in [-0.05, 0) is 62.4 Å². The van der Waals surface area contributed by atoms with Crippen LogP contribution >= 0.6 is 0 Å². The Morgan fingerprint density at radius 2 is 1.36 bits per heavy atom. The second-order valence-electron chi connectivity index (χ2n) is 5.41. The van der Waals surface area contributed by atoms with Crippen molar-refractivity contribution >= 4 is 29.0 Å². The molecule has 128 valence electrons. The summed E-state index contributed by atoms with van der Waals surface area (Å²) >= 11 is 0. The number of carbonyl (C=O) groups excluding carboxylic acids is 3. The number of ketones is 1.